The number of hydrogen-bond acceptors (Lipinski definition) is 5. The average molecular weight is 537 g/mol. The molecule has 4 aromatic rings. The highest BCUT2D eigenvalue weighted by Gasteiger charge is 2.16. The zero-order chi connectivity index (χ0) is 27.6. The summed E-state index contributed by atoms with van der Waals surface area (Å²) in [4.78, 5) is 39.6. The molecule has 0 radical (unpaired) electrons. The first-order valence-electron chi connectivity index (χ1n) is 12.3. The number of hydrogen-bond donors (Lipinski definition) is 2. The Balaban J connectivity index is 1.44. The van der Waals surface area contributed by atoms with E-state index in [9.17, 15) is 14.4 Å². The van der Waals surface area contributed by atoms with Crippen LogP contribution in [0, 0.1) is 6.92 Å². The minimum Gasteiger partial charge on any atom is -0.496 e. The van der Waals surface area contributed by atoms with E-state index in [0.29, 0.717) is 22.6 Å². The maximum atomic E-state index is 13.2. The molecule has 4 aromatic carbocycles. The molecular weight excluding hydrogens is 508 g/mol. The van der Waals surface area contributed by atoms with Gasteiger partial charge in [-0.05, 0) is 67.1 Å². The van der Waals surface area contributed by atoms with Crippen molar-refractivity contribution in [2.45, 2.75) is 11.8 Å². The van der Waals surface area contributed by atoms with Crippen LogP contribution in [-0.4, -0.2) is 30.5 Å². The highest BCUT2D eigenvalue weighted by molar-refractivity contribution is 8.00. The topological polar surface area (TPSA) is 84.5 Å². The van der Waals surface area contributed by atoms with Crippen LogP contribution >= 0.6 is 11.8 Å². The molecule has 2 amide bonds. The molecule has 0 aliphatic rings. The first-order chi connectivity index (χ1) is 18.9. The largest absolute Gasteiger partial charge is 0.496 e. The number of ether oxygens (including phenoxy) is 1. The molecule has 39 heavy (non-hydrogen) atoms. The van der Waals surface area contributed by atoms with Crippen molar-refractivity contribution >= 4 is 41.1 Å². The van der Waals surface area contributed by atoms with Gasteiger partial charge < -0.3 is 15.4 Å². The molecule has 0 saturated heterocycles. The molecule has 0 atom stereocenters. The lowest BCUT2D eigenvalue weighted by molar-refractivity contribution is -0.113. The number of anilines is 1. The number of methoxy groups -OCH3 is 1. The monoisotopic (exact) mass is 536 g/mol. The normalized spacial score (nSPS) is 11.0. The zero-order valence-corrected chi connectivity index (χ0v) is 22.5. The van der Waals surface area contributed by atoms with Gasteiger partial charge in [0.05, 0.1) is 18.4 Å². The van der Waals surface area contributed by atoms with E-state index in [1.165, 1.54) is 11.8 Å². The number of carbonyl (C=O) groups excluding carboxylic acids is 3. The third-order valence-electron chi connectivity index (χ3n) is 5.77. The number of thioether (sulfide) groups is 1. The predicted octanol–water partition coefficient (Wildman–Crippen LogP) is 6.39. The van der Waals surface area contributed by atoms with Gasteiger partial charge in [-0.2, -0.15) is 0 Å². The molecule has 0 aliphatic heterocycles. The summed E-state index contributed by atoms with van der Waals surface area (Å²) in [6, 6.07) is 30.7. The smallest absolute Gasteiger partial charge is 0.272 e. The fourth-order valence-electron chi connectivity index (χ4n) is 3.80. The van der Waals surface area contributed by atoms with Crippen LogP contribution in [0.5, 0.6) is 5.75 Å². The number of benzene rings is 4. The molecule has 7 heteroatoms. The lowest BCUT2D eigenvalue weighted by Gasteiger charge is -2.12. The maximum Gasteiger partial charge on any atom is 0.272 e. The molecule has 0 fully saturated rings. The molecule has 0 aromatic heterocycles. The molecule has 2 N–H and O–H groups in total. The number of rotatable bonds is 10. The van der Waals surface area contributed by atoms with Crippen LogP contribution in [0.1, 0.15) is 31.8 Å². The van der Waals surface area contributed by atoms with Crippen LogP contribution in [0.3, 0.4) is 0 Å². The van der Waals surface area contributed by atoms with Crippen LogP contribution in [0.15, 0.2) is 114 Å². The highest BCUT2D eigenvalue weighted by Crippen LogP contribution is 2.24. The molecule has 4 rings (SSSR count). The van der Waals surface area contributed by atoms with Crippen LogP contribution < -0.4 is 15.4 Å². The van der Waals surface area contributed by atoms with Gasteiger partial charge in [0.25, 0.3) is 11.8 Å². The summed E-state index contributed by atoms with van der Waals surface area (Å²) in [5.74, 6) is -0.0605. The molecule has 0 saturated carbocycles. The molecule has 0 aliphatic carbocycles. The van der Waals surface area contributed by atoms with Gasteiger partial charge in [0.1, 0.15) is 11.4 Å². The lowest BCUT2D eigenvalue weighted by Crippen LogP contribution is -2.30. The van der Waals surface area contributed by atoms with Crippen molar-refractivity contribution in [2.24, 2.45) is 0 Å². The Morgan fingerprint density at radius 1 is 0.846 bits per heavy atom. The highest BCUT2D eigenvalue weighted by atomic mass is 32.2. The van der Waals surface area contributed by atoms with E-state index in [2.05, 4.69) is 10.6 Å². The summed E-state index contributed by atoms with van der Waals surface area (Å²) < 4.78 is 5.28. The summed E-state index contributed by atoms with van der Waals surface area (Å²) in [6.45, 7) is 1.96. The van der Waals surface area contributed by atoms with Crippen LogP contribution in [0.25, 0.3) is 6.08 Å². The summed E-state index contributed by atoms with van der Waals surface area (Å²) in [6.07, 6.45) is 1.65. The molecule has 0 heterocycles. The van der Waals surface area contributed by atoms with E-state index in [-0.39, 0.29) is 23.1 Å². The lowest BCUT2D eigenvalue weighted by atomic mass is 10.1. The Kier molecular flexibility index (Phi) is 9.32. The molecule has 0 spiro atoms. The van der Waals surface area contributed by atoms with E-state index >= 15 is 0 Å². The number of carbonyl (C=O) groups is 3. The van der Waals surface area contributed by atoms with Crippen molar-refractivity contribution < 1.29 is 19.1 Å². The number of ketones is 1. The maximum absolute atomic E-state index is 13.2. The van der Waals surface area contributed by atoms with E-state index in [0.717, 1.165) is 16.0 Å². The van der Waals surface area contributed by atoms with Gasteiger partial charge in [-0.15, -0.1) is 11.8 Å². The van der Waals surface area contributed by atoms with Gasteiger partial charge in [-0.25, -0.2) is 0 Å². The van der Waals surface area contributed by atoms with Gasteiger partial charge in [-0.3, -0.25) is 14.4 Å². The van der Waals surface area contributed by atoms with Crippen molar-refractivity contribution in [1.82, 2.24) is 5.32 Å². The second-order valence-electron chi connectivity index (χ2n) is 8.68. The number of para-hydroxylation sites is 1. The second-order valence-corrected chi connectivity index (χ2v) is 9.73. The van der Waals surface area contributed by atoms with Gasteiger partial charge >= 0.3 is 0 Å². The minimum atomic E-state index is -0.451. The Morgan fingerprint density at radius 3 is 2.28 bits per heavy atom. The summed E-state index contributed by atoms with van der Waals surface area (Å²) in [7, 11) is 1.54. The number of aryl methyl sites for hydroxylation is 1. The number of nitrogens with one attached hydrogen (secondary N) is 2. The average Bonchev–Trinajstić information content (AvgIpc) is 2.96. The third kappa shape index (κ3) is 7.69. The predicted molar refractivity (Wildman–Crippen MR) is 156 cm³/mol. The molecule has 0 unspecified atom stereocenters. The van der Waals surface area contributed by atoms with Crippen LogP contribution in [0.2, 0.25) is 0 Å². The zero-order valence-electron chi connectivity index (χ0n) is 21.6. The van der Waals surface area contributed by atoms with Gasteiger partial charge in [0.2, 0.25) is 0 Å². The SMILES string of the molecule is COc1ccccc1C(=O)CSc1ccc(NC(=O)/C(=C/c2cccc(C)c2)NC(=O)c2ccccc2)cc1. The van der Waals surface area contributed by atoms with Crippen molar-refractivity contribution in [3.63, 3.8) is 0 Å². The number of amides is 2. The van der Waals surface area contributed by atoms with Crippen molar-refractivity contribution in [3.05, 3.63) is 131 Å². The Morgan fingerprint density at radius 2 is 1.56 bits per heavy atom. The molecule has 6 nitrogen and oxygen atoms in total. The Bertz CT molecular complexity index is 1500. The summed E-state index contributed by atoms with van der Waals surface area (Å²) >= 11 is 1.40. The Hall–Kier alpha value is -4.62. The fraction of sp³-hybridized carbons (Fsp3) is 0.0938. The van der Waals surface area contributed by atoms with Crippen molar-refractivity contribution in [1.29, 1.82) is 0 Å². The molecule has 196 valence electrons. The summed E-state index contributed by atoms with van der Waals surface area (Å²) in [5.41, 5.74) is 3.50. The van der Waals surface area contributed by atoms with Crippen LogP contribution in [-0.2, 0) is 4.79 Å². The van der Waals surface area contributed by atoms with Gasteiger partial charge in [-0.1, -0.05) is 60.2 Å². The van der Waals surface area contributed by atoms with E-state index in [1.54, 1.807) is 61.7 Å². The van der Waals surface area contributed by atoms with Crippen molar-refractivity contribution in [2.75, 3.05) is 18.2 Å². The van der Waals surface area contributed by atoms with Crippen molar-refractivity contribution in [3.8, 4) is 5.75 Å². The third-order valence-corrected chi connectivity index (χ3v) is 6.78. The Labute approximate surface area is 232 Å². The first kappa shape index (κ1) is 27.4. The van der Waals surface area contributed by atoms with Gasteiger partial charge in [0, 0.05) is 16.1 Å². The van der Waals surface area contributed by atoms with Crippen LogP contribution in [0.4, 0.5) is 5.69 Å². The molecular formula is C32H28N2O4S. The fourth-order valence-corrected chi connectivity index (χ4v) is 4.59. The number of Topliss-reactive ketones (excluding diaryl/α,β-unsaturated/α-hetero) is 1. The first-order valence-corrected chi connectivity index (χ1v) is 13.3. The second kappa shape index (κ2) is 13.3. The summed E-state index contributed by atoms with van der Waals surface area (Å²) in [5, 5.41) is 5.60. The van der Waals surface area contributed by atoms with E-state index in [4.69, 9.17) is 4.74 Å². The quantitative estimate of drug-likeness (QED) is 0.139. The van der Waals surface area contributed by atoms with Gasteiger partial charge in [0.15, 0.2) is 5.78 Å². The standard InChI is InChI=1S/C32H28N2O4S/c1-22-9-8-10-23(19-22)20-28(34-31(36)24-11-4-3-5-12-24)32(37)33-25-15-17-26(18-16-25)39-21-29(35)27-13-6-7-14-30(27)38-2/h3-20H,21H2,1-2H3,(H,33,37)(H,34,36)/b28-20-. The van der Waals surface area contributed by atoms with E-state index in [1.807, 2.05) is 61.5 Å². The minimum absolute atomic E-state index is 0.0325. The molecule has 0 bridgehead atoms. The van der Waals surface area contributed by atoms with E-state index < -0.39 is 5.91 Å².